The van der Waals surface area contributed by atoms with Gasteiger partial charge >= 0.3 is 0 Å². The van der Waals surface area contributed by atoms with Crippen molar-refractivity contribution in [2.45, 2.75) is 32.0 Å². The summed E-state index contributed by atoms with van der Waals surface area (Å²) in [4.78, 5) is 14.0. The van der Waals surface area contributed by atoms with Crippen molar-refractivity contribution in [3.05, 3.63) is 35.6 Å². The van der Waals surface area contributed by atoms with Crippen LogP contribution in [0.4, 0.5) is 4.39 Å². The lowest BCUT2D eigenvalue weighted by Crippen LogP contribution is -2.31. The van der Waals surface area contributed by atoms with Gasteiger partial charge in [0.05, 0.1) is 6.04 Å². The Morgan fingerprint density at radius 2 is 2.20 bits per heavy atom. The Labute approximate surface area is 123 Å². The van der Waals surface area contributed by atoms with E-state index in [4.69, 9.17) is 0 Å². The topological polar surface area (TPSA) is 32.3 Å². The molecule has 0 saturated carbocycles. The molecule has 1 heterocycles. The summed E-state index contributed by atoms with van der Waals surface area (Å²) in [7, 11) is 0. The quantitative estimate of drug-likeness (QED) is 0.819. The van der Waals surface area contributed by atoms with Crippen molar-refractivity contribution in [3.63, 3.8) is 0 Å². The number of hydrogen-bond acceptors (Lipinski definition) is 3. The van der Waals surface area contributed by atoms with E-state index in [9.17, 15) is 9.18 Å². The number of halogens is 1. The Morgan fingerprint density at radius 1 is 1.40 bits per heavy atom. The lowest BCUT2D eigenvalue weighted by molar-refractivity contribution is -0.129. The fourth-order valence-corrected chi connectivity index (χ4v) is 2.99. The Hall–Kier alpha value is -1.07. The predicted molar refractivity (Wildman–Crippen MR) is 81.1 cm³/mol. The van der Waals surface area contributed by atoms with Gasteiger partial charge in [-0.25, -0.2) is 4.39 Å². The Bertz CT molecular complexity index is 469. The third-order valence-electron chi connectivity index (χ3n) is 3.53. The molecule has 3 nitrogen and oxygen atoms in total. The van der Waals surface area contributed by atoms with Crippen LogP contribution in [0.5, 0.6) is 0 Å². The second-order valence-electron chi connectivity index (χ2n) is 5.08. The van der Waals surface area contributed by atoms with Gasteiger partial charge in [0, 0.05) is 6.54 Å². The number of amides is 1. The fourth-order valence-electron chi connectivity index (χ4n) is 2.49. The van der Waals surface area contributed by atoms with Crippen molar-refractivity contribution in [2.24, 2.45) is 0 Å². The monoisotopic (exact) mass is 296 g/mol. The number of carbonyl (C=O) groups excluding carboxylic acids is 1. The van der Waals surface area contributed by atoms with Gasteiger partial charge in [-0.15, -0.1) is 0 Å². The van der Waals surface area contributed by atoms with E-state index in [2.05, 4.69) is 11.6 Å². The van der Waals surface area contributed by atoms with E-state index in [0.717, 1.165) is 30.7 Å². The van der Waals surface area contributed by atoms with Gasteiger partial charge in [0.1, 0.15) is 12.0 Å². The van der Waals surface area contributed by atoms with E-state index >= 15 is 0 Å². The molecule has 1 aliphatic heterocycles. The highest BCUT2D eigenvalue weighted by atomic mass is 32.2. The standard InChI is InChI=1S/C15H21FN2OS/c1-11-15(19)18(8-3-4-9-20-2)14(17-11)12-6-5-7-13(16)10-12/h5-7,10-11,14,17H,3-4,8-9H2,1-2H3. The summed E-state index contributed by atoms with van der Waals surface area (Å²) in [5, 5.41) is 3.24. The zero-order valence-electron chi connectivity index (χ0n) is 11.9. The second-order valence-corrected chi connectivity index (χ2v) is 6.06. The summed E-state index contributed by atoms with van der Waals surface area (Å²) in [6.07, 6.45) is 3.95. The Kier molecular flexibility index (Phi) is 5.43. The molecule has 110 valence electrons. The first-order chi connectivity index (χ1) is 9.63. The first-order valence-corrected chi connectivity index (χ1v) is 8.34. The molecule has 1 aromatic rings. The molecule has 5 heteroatoms. The van der Waals surface area contributed by atoms with E-state index in [1.165, 1.54) is 12.1 Å². The van der Waals surface area contributed by atoms with E-state index in [1.54, 1.807) is 6.07 Å². The SMILES string of the molecule is CSCCCCN1C(=O)C(C)NC1c1cccc(F)c1. The second kappa shape index (κ2) is 7.09. The van der Waals surface area contributed by atoms with Crippen LogP contribution in [0, 0.1) is 5.82 Å². The van der Waals surface area contributed by atoms with Crippen LogP contribution in [0.25, 0.3) is 0 Å². The van der Waals surface area contributed by atoms with Crippen LogP contribution in [0.3, 0.4) is 0 Å². The van der Waals surface area contributed by atoms with Crippen molar-refractivity contribution < 1.29 is 9.18 Å². The van der Waals surface area contributed by atoms with Crippen LogP contribution in [-0.2, 0) is 4.79 Å². The van der Waals surface area contributed by atoms with Crippen molar-refractivity contribution in [1.82, 2.24) is 10.2 Å². The maximum Gasteiger partial charge on any atom is 0.241 e. The van der Waals surface area contributed by atoms with Gasteiger partial charge in [-0.05, 0) is 49.5 Å². The van der Waals surface area contributed by atoms with Gasteiger partial charge in [0.2, 0.25) is 5.91 Å². The summed E-state index contributed by atoms with van der Waals surface area (Å²) in [5.41, 5.74) is 0.813. The lowest BCUT2D eigenvalue weighted by atomic mass is 10.1. The van der Waals surface area contributed by atoms with Crippen LogP contribution in [0.2, 0.25) is 0 Å². The van der Waals surface area contributed by atoms with E-state index in [-0.39, 0.29) is 23.9 Å². The highest BCUT2D eigenvalue weighted by molar-refractivity contribution is 7.98. The highest BCUT2D eigenvalue weighted by Crippen LogP contribution is 2.26. The summed E-state index contributed by atoms with van der Waals surface area (Å²) in [6, 6.07) is 6.26. The third-order valence-corrected chi connectivity index (χ3v) is 4.23. The smallest absolute Gasteiger partial charge is 0.241 e. The number of hydrogen-bond donors (Lipinski definition) is 1. The average molecular weight is 296 g/mol. The maximum atomic E-state index is 13.4. The molecular weight excluding hydrogens is 275 g/mol. The minimum Gasteiger partial charge on any atom is -0.322 e. The molecular formula is C15H21FN2OS. The summed E-state index contributed by atoms with van der Waals surface area (Å²) < 4.78 is 13.4. The zero-order valence-corrected chi connectivity index (χ0v) is 12.8. The molecule has 1 fully saturated rings. The number of thioether (sulfide) groups is 1. The number of benzene rings is 1. The van der Waals surface area contributed by atoms with Crippen LogP contribution < -0.4 is 5.32 Å². The van der Waals surface area contributed by atoms with Crippen molar-refractivity contribution in [1.29, 1.82) is 0 Å². The number of nitrogens with one attached hydrogen (secondary N) is 1. The molecule has 0 spiro atoms. The van der Waals surface area contributed by atoms with E-state index in [0.29, 0.717) is 0 Å². The molecule has 2 unspecified atom stereocenters. The summed E-state index contributed by atoms with van der Waals surface area (Å²) in [5.74, 6) is 0.942. The molecule has 0 bridgehead atoms. The molecule has 1 aromatic carbocycles. The van der Waals surface area contributed by atoms with Crippen LogP contribution in [-0.4, -0.2) is 35.4 Å². The fraction of sp³-hybridized carbons (Fsp3) is 0.533. The molecule has 0 radical (unpaired) electrons. The van der Waals surface area contributed by atoms with Gasteiger partial charge < -0.3 is 4.90 Å². The Morgan fingerprint density at radius 3 is 2.90 bits per heavy atom. The number of unbranched alkanes of at least 4 members (excludes halogenated alkanes) is 1. The van der Waals surface area contributed by atoms with E-state index < -0.39 is 0 Å². The predicted octanol–water partition coefficient (Wildman–Crippen LogP) is 2.79. The highest BCUT2D eigenvalue weighted by Gasteiger charge is 2.36. The molecule has 1 N–H and O–H groups in total. The van der Waals surface area contributed by atoms with Crippen LogP contribution in [0.15, 0.2) is 24.3 Å². The van der Waals surface area contributed by atoms with Crippen LogP contribution >= 0.6 is 11.8 Å². The minimum absolute atomic E-state index is 0.100. The van der Waals surface area contributed by atoms with Gasteiger partial charge in [-0.3, -0.25) is 10.1 Å². The summed E-state index contributed by atoms with van der Waals surface area (Å²) in [6.45, 7) is 2.58. The van der Waals surface area contributed by atoms with Gasteiger partial charge in [0.15, 0.2) is 0 Å². The van der Waals surface area contributed by atoms with Gasteiger partial charge in [-0.2, -0.15) is 11.8 Å². The molecule has 1 amide bonds. The van der Waals surface area contributed by atoms with Crippen molar-refractivity contribution in [3.8, 4) is 0 Å². The minimum atomic E-state index is -0.265. The number of nitrogens with zero attached hydrogens (tertiary/aromatic N) is 1. The maximum absolute atomic E-state index is 13.4. The van der Waals surface area contributed by atoms with Gasteiger partial charge in [-0.1, -0.05) is 12.1 Å². The molecule has 1 aliphatic rings. The van der Waals surface area contributed by atoms with Crippen molar-refractivity contribution >= 4 is 17.7 Å². The normalized spacial score (nSPS) is 22.6. The number of rotatable bonds is 6. The first-order valence-electron chi connectivity index (χ1n) is 6.94. The Balaban J connectivity index is 2.07. The van der Waals surface area contributed by atoms with Crippen molar-refractivity contribution in [2.75, 3.05) is 18.6 Å². The third kappa shape index (κ3) is 3.52. The van der Waals surface area contributed by atoms with Gasteiger partial charge in [0.25, 0.3) is 0 Å². The number of carbonyl (C=O) groups is 1. The van der Waals surface area contributed by atoms with E-state index in [1.807, 2.05) is 29.7 Å². The van der Waals surface area contributed by atoms with Crippen LogP contribution in [0.1, 0.15) is 31.5 Å². The molecule has 2 rings (SSSR count). The molecule has 2 atom stereocenters. The molecule has 20 heavy (non-hydrogen) atoms. The lowest BCUT2D eigenvalue weighted by Gasteiger charge is -2.24. The average Bonchev–Trinajstić information content (AvgIpc) is 2.71. The first kappa shape index (κ1) is 15.3. The largest absolute Gasteiger partial charge is 0.322 e. The zero-order chi connectivity index (χ0) is 14.5. The molecule has 0 aliphatic carbocycles. The summed E-state index contributed by atoms with van der Waals surface area (Å²) >= 11 is 1.82. The molecule has 0 aromatic heterocycles. The molecule has 1 saturated heterocycles.